The minimum absolute atomic E-state index is 0.0353. The lowest BCUT2D eigenvalue weighted by atomic mass is 10.1. The van der Waals surface area contributed by atoms with Gasteiger partial charge in [0.1, 0.15) is 0 Å². The number of aromatic amines is 1. The molecule has 0 aliphatic heterocycles. The van der Waals surface area contributed by atoms with Crippen LogP contribution >= 0.6 is 31.9 Å². The van der Waals surface area contributed by atoms with Crippen LogP contribution in [0.2, 0.25) is 0 Å². The van der Waals surface area contributed by atoms with E-state index in [0.29, 0.717) is 11.4 Å². The van der Waals surface area contributed by atoms with Crippen LogP contribution < -0.4 is 0 Å². The number of nitrogens with one attached hydrogen (secondary N) is 1. The Bertz CT molecular complexity index is 1380. The highest BCUT2D eigenvalue weighted by Crippen LogP contribution is 2.30. The van der Waals surface area contributed by atoms with E-state index in [9.17, 15) is 4.79 Å². The van der Waals surface area contributed by atoms with Crippen molar-refractivity contribution < 1.29 is 9.32 Å². The number of carbonyl (C=O) groups is 1. The maximum Gasteiger partial charge on any atom is 0.299 e. The summed E-state index contributed by atoms with van der Waals surface area (Å²) in [4.78, 5) is 20.6. The molecular formula is C20H12Br2N4O2. The zero-order valence-corrected chi connectivity index (χ0v) is 17.7. The van der Waals surface area contributed by atoms with Gasteiger partial charge in [-0.15, -0.1) is 0 Å². The first kappa shape index (κ1) is 17.4. The van der Waals surface area contributed by atoms with E-state index in [1.54, 1.807) is 6.20 Å². The highest BCUT2D eigenvalue weighted by molar-refractivity contribution is 9.10. The minimum Gasteiger partial charge on any atom is -0.360 e. The Balaban J connectivity index is 1.59. The Labute approximate surface area is 175 Å². The van der Waals surface area contributed by atoms with Gasteiger partial charge in [-0.3, -0.25) is 4.79 Å². The van der Waals surface area contributed by atoms with Crippen LogP contribution in [0.15, 0.2) is 62.3 Å². The molecule has 0 radical (unpaired) electrons. The first-order valence-corrected chi connectivity index (χ1v) is 10.00. The number of halogens is 2. The molecule has 3 aromatic heterocycles. The van der Waals surface area contributed by atoms with Crippen molar-refractivity contribution in [3.63, 3.8) is 0 Å². The van der Waals surface area contributed by atoms with Crippen molar-refractivity contribution in [2.75, 3.05) is 0 Å². The maximum absolute atomic E-state index is 13.0. The monoisotopic (exact) mass is 498 g/mol. The van der Waals surface area contributed by atoms with E-state index < -0.39 is 0 Å². The van der Waals surface area contributed by atoms with Gasteiger partial charge >= 0.3 is 0 Å². The van der Waals surface area contributed by atoms with Gasteiger partial charge in [-0.1, -0.05) is 37.0 Å². The fraction of sp³-hybridized carbons (Fsp3) is 0.0500. The maximum atomic E-state index is 13.0. The molecule has 6 nitrogen and oxygen atoms in total. The van der Waals surface area contributed by atoms with Crippen LogP contribution in [0.3, 0.4) is 0 Å². The van der Waals surface area contributed by atoms with Crippen molar-refractivity contribution in [3.05, 3.63) is 69.2 Å². The van der Waals surface area contributed by atoms with Gasteiger partial charge in [0.15, 0.2) is 0 Å². The molecule has 28 heavy (non-hydrogen) atoms. The van der Waals surface area contributed by atoms with Crippen LogP contribution in [0, 0.1) is 0 Å². The molecule has 8 heteroatoms. The topological polar surface area (TPSA) is 76.7 Å². The number of carbonyl (C=O) groups excluding carboxylic acids is 1. The zero-order valence-electron chi connectivity index (χ0n) is 14.5. The summed E-state index contributed by atoms with van der Waals surface area (Å²) >= 11 is 6.94. The number of fused-ring (bicyclic) bond motifs is 2. The fourth-order valence-electron chi connectivity index (χ4n) is 3.36. The molecule has 0 aliphatic carbocycles. The van der Waals surface area contributed by atoms with Gasteiger partial charge in [0.05, 0.1) is 5.56 Å². The number of benzene rings is 2. The summed E-state index contributed by atoms with van der Waals surface area (Å²) in [5.41, 5.74) is 3.21. The van der Waals surface area contributed by atoms with Gasteiger partial charge in [0.25, 0.3) is 11.7 Å². The van der Waals surface area contributed by atoms with Crippen LogP contribution in [0.1, 0.15) is 16.2 Å². The van der Waals surface area contributed by atoms with E-state index in [-0.39, 0.29) is 11.7 Å². The molecule has 0 saturated carbocycles. The SMILES string of the molecule is Cn1cc(C(=O)c2nc(-c3c[nH]c4ccc(Br)cc34)no2)c2cc(Br)ccc21. The second kappa shape index (κ2) is 6.42. The van der Waals surface area contributed by atoms with Gasteiger partial charge in [-0.2, -0.15) is 4.98 Å². The molecule has 138 valence electrons. The minimum atomic E-state index is -0.302. The Hall–Kier alpha value is -2.71. The van der Waals surface area contributed by atoms with Crippen LogP contribution in [0.4, 0.5) is 0 Å². The second-order valence-corrected chi connectivity index (χ2v) is 8.29. The Morgan fingerprint density at radius 3 is 2.68 bits per heavy atom. The Morgan fingerprint density at radius 2 is 1.86 bits per heavy atom. The number of rotatable bonds is 3. The summed E-state index contributed by atoms with van der Waals surface area (Å²) in [7, 11) is 1.90. The van der Waals surface area contributed by atoms with E-state index in [0.717, 1.165) is 36.3 Å². The summed E-state index contributed by atoms with van der Waals surface area (Å²) in [6.45, 7) is 0. The summed E-state index contributed by atoms with van der Waals surface area (Å²) in [6.07, 6.45) is 3.59. The van der Waals surface area contributed by atoms with Crippen molar-refractivity contribution in [3.8, 4) is 11.4 Å². The van der Waals surface area contributed by atoms with E-state index in [2.05, 4.69) is 47.0 Å². The quantitative estimate of drug-likeness (QED) is 0.334. The van der Waals surface area contributed by atoms with Crippen molar-refractivity contribution in [1.82, 2.24) is 19.7 Å². The standard InChI is InChI=1S/C20H12Br2N4O2/c1-26-9-15(13-7-11(22)3-5-17(13)26)18(27)20-24-19(25-28-20)14-8-23-16-4-2-10(21)6-12(14)16/h2-9,23H,1H3. The van der Waals surface area contributed by atoms with E-state index in [1.165, 1.54) is 0 Å². The third-order valence-corrected chi connectivity index (χ3v) is 5.69. The highest BCUT2D eigenvalue weighted by atomic mass is 79.9. The molecule has 5 aromatic rings. The molecule has 0 bridgehead atoms. The number of H-pyrrole nitrogens is 1. The molecule has 0 spiro atoms. The molecular weight excluding hydrogens is 488 g/mol. The van der Waals surface area contributed by atoms with Crippen molar-refractivity contribution in [2.24, 2.45) is 7.05 Å². The van der Waals surface area contributed by atoms with E-state index in [4.69, 9.17) is 4.52 Å². The van der Waals surface area contributed by atoms with Gasteiger partial charge < -0.3 is 14.1 Å². The van der Waals surface area contributed by atoms with E-state index >= 15 is 0 Å². The van der Waals surface area contributed by atoms with Gasteiger partial charge in [-0.25, -0.2) is 0 Å². The molecule has 0 atom stereocenters. The third-order valence-electron chi connectivity index (χ3n) is 4.70. The average Bonchev–Trinajstić information content (AvgIpc) is 3.38. The lowest BCUT2D eigenvalue weighted by molar-refractivity contribution is 0.0995. The van der Waals surface area contributed by atoms with Crippen LogP contribution in [-0.4, -0.2) is 25.5 Å². The third kappa shape index (κ3) is 2.71. The second-order valence-electron chi connectivity index (χ2n) is 6.46. The predicted molar refractivity (Wildman–Crippen MR) is 113 cm³/mol. The van der Waals surface area contributed by atoms with Gasteiger partial charge in [-0.05, 0) is 36.4 Å². The molecule has 0 saturated heterocycles. The van der Waals surface area contributed by atoms with Gasteiger partial charge in [0.2, 0.25) is 5.82 Å². The van der Waals surface area contributed by atoms with Crippen LogP contribution in [0.25, 0.3) is 33.2 Å². The molecule has 0 aliphatic rings. The smallest absolute Gasteiger partial charge is 0.299 e. The molecule has 0 fully saturated rings. The number of hydrogen-bond acceptors (Lipinski definition) is 4. The van der Waals surface area contributed by atoms with Crippen LogP contribution in [0.5, 0.6) is 0 Å². The highest BCUT2D eigenvalue weighted by Gasteiger charge is 2.23. The summed E-state index contributed by atoms with van der Waals surface area (Å²) < 4.78 is 9.07. The van der Waals surface area contributed by atoms with E-state index in [1.807, 2.05) is 54.2 Å². The van der Waals surface area contributed by atoms with Crippen LogP contribution in [-0.2, 0) is 7.05 Å². The Kier molecular flexibility index (Phi) is 3.99. The summed E-state index contributed by atoms with van der Waals surface area (Å²) in [6, 6.07) is 11.7. The van der Waals surface area contributed by atoms with Gasteiger partial charge in [0, 0.05) is 55.8 Å². The molecule has 1 N–H and O–H groups in total. The number of hydrogen-bond donors (Lipinski definition) is 1. The number of nitrogens with zero attached hydrogens (tertiary/aromatic N) is 3. The van der Waals surface area contributed by atoms with Crippen molar-refractivity contribution in [1.29, 1.82) is 0 Å². The first-order chi connectivity index (χ1) is 13.5. The summed E-state index contributed by atoms with van der Waals surface area (Å²) in [5.74, 6) is 0.0319. The summed E-state index contributed by atoms with van der Waals surface area (Å²) in [5, 5.41) is 5.81. The zero-order chi connectivity index (χ0) is 19.4. The molecule has 2 aromatic carbocycles. The molecule has 0 amide bonds. The largest absolute Gasteiger partial charge is 0.360 e. The first-order valence-electron chi connectivity index (χ1n) is 8.41. The predicted octanol–water partition coefficient (Wildman–Crippen LogP) is 5.47. The molecule has 0 unspecified atom stereocenters. The number of ketones is 1. The Morgan fingerprint density at radius 1 is 1.11 bits per heavy atom. The van der Waals surface area contributed by atoms with Crippen molar-refractivity contribution in [2.45, 2.75) is 0 Å². The van der Waals surface area contributed by atoms with Crippen molar-refractivity contribution >= 4 is 59.4 Å². The average molecular weight is 500 g/mol. The molecule has 5 rings (SSSR count). The molecule has 3 heterocycles. The normalized spacial score (nSPS) is 11.5. The number of aryl methyl sites for hydroxylation is 1. The number of aromatic nitrogens is 4. The lowest BCUT2D eigenvalue weighted by Gasteiger charge is -1.96. The lowest BCUT2D eigenvalue weighted by Crippen LogP contribution is -2.01. The fourth-order valence-corrected chi connectivity index (χ4v) is 4.09.